The number of nitrogens with one attached hydrogen (secondary N) is 1. The number of hydrogen-bond acceptors (Lipinski definition) is 8. The van der Waals surface area contributed by atoms with Crippen LogP contribution in [0.4, 0.5) is 0 Å². The number of nitrogens with zero attached hydrogens (tertiary/aromatic N) is 2. The van der Waals surface area contributed by atoms with Crippen molar-refractivity contribution >= 4 is 59.1 Å². The Labute approximate surface area is 173 Å². The third-order valence-corrected chi connectivity index (χ3v) is 6.95. The van der Waals surface area contributed by atoms with Gasteiger partial charge in [-0.3, -0.25) is 9.35 Å². The van der Waals surface area contributed by atoms with Crippen LogP contribution in [0.15, 0.2) is 36.4 Å². The molecule has 0 radical (unpaired) electrons. The molecule has 2 aromatic carbocycles. The number of aromatic hydroxyl groups is 1. The Kier molecular flexibility index (Phi) is 5.21. The van der Waals surface area contributed by atoms with E-state index in [0.29, 0.717) is 0 Å². The zero-order chi connectivity index (χ0) is 20.6. The van der Waals surface area contributed by atoms with Crippen LogP contribution >= 0.6 is 22.7 Å². The van der Waals surface area contributed by atoms with Gasteiger partial charge in [0.25, 0.3) is 10.1 Å². The predicted molar refractivity (Wildman–Crippen MR) is 113 cm³/mol. The van der Waals surface area contributed by atoms with Gasteiger partial charge in [-0.15, -0.1) is 22.7 Å². The van der Waals surface area contributed by atoms with Gasteiger partial charge in [-0.2, -0.15) is 8.42 Å². The summed E-state index contributed by atoms with van der Waals surface area (Å²) >= 11 is 2.91. The van der Waals surface area contributed by atoms with Crippen LogP contribution in [0.2, 0.25) is 0 Å². The fourth-order valence-electron chi connectivity index (χ4n) is 2.74. The van der Waals surface area contributed by atoms with Crippen LogP contribution < -0.4 is 5.32 Å². The minimum atomic E-state index is -4.10. The molecule has 0 aliphatic carbocycles. The summed E-state index contributed by atoms with van der Waals surface area (Å²) in [6, 6.07) is 10.5. The molecule has 2 heterocycles. The van der Waals surface area contributed by atoms with Gasteiger partial charge in [0.15, 0.2) is 10.0 Å². The van der Waals surface area contributed by atoms with Crippen molar-refractivity contribution in [1.82, 2.24) is 15.3 Å². The normalized spacial score (nSPS) is 11.9. The fraction of sp³-hybridized carbons (Fsp3) is 0.167. The first kappa shape index (κ1) is 19.7. The van der Waals surface area contributed by atoms with Gasteiger partial charge in [-0.25, -0.2) is 9.97 Å². The number of fused-ring (bicyclic) bond motifs is 2. The first-order valence-corrected chi connectivity index (χ1v) is 11.7. The molecule has 4 aromatic rings. The van der Waals surface area contributed by atoms with Crippen molar-refractivity contribution in [3.63, 3.8) is 0 Å². The average Bonchev–Trinajstić information content (AvgIpc) is 3.23. The van der Waals surface area contributed by atoms with Gasteiger partial charge in [0.05, 0.1) is 32.6 Å². The second-order valence-corrected chi connectivity index (χ2v) is 9.94. The van der Waals surface area contributed by atoms with E-state index >= 15 is 0 Å². The van der Waals surface area contributed by atoms with Crippen molar-refractivity contribution in [1.29, 1.82) is 0 Å². The first-order chi connectivity index (χ1) is 13.8. The lowest BCUT2D eigenvalue weighted by atomic mass is 10.1. The highest BCUT2D eigenvalue weighted by atomic mass is 32.2. The molecule has 0 saturated heterocycles. The molecular formula is C18H15N3O5S3. The van der Waals surface area contributed by atoms with Gasteiger partial charge < -0.3 is 10.4 Å². The van der Waals surface area contributed by atoms with Gasteiger partial charge in [-0.05, 0) is 35.9 Å². The molecule has 1 amide bonds. The van der Waals surface area contributed by atoms with Gasteiger partial charge in [0.1, 0.15) is 5.75 Å². The average molecular weight is 450 g/mol. The molecule has 0 atom stereocenters. The van der Waals surface area contributed by atoms with E-state index < -0.39 is 15.9 Å². The monoisotopic (exact) mass is 449 g/mol. The SMILES string of the molecule is O=C(Cc1ccc2nc(-c3nc4ccc(O)cc4s3)sc2c1)NCCS(=O)(=O)O. The van der Waals surface area contributed by atoms with Crippen molar-refractivity contribution in [3.05, 3.63) is 42.0 Å². The molecule has 0 aliphatic heterocycles. The van der Waals surface area contributed by atoms with Crippen molar-refractivity contribution < 1.29 is 22.9 Å². The molecule has 2 aromatic heterocycles. The van der Waals surface area contributed by atoms with Crippen LogP contribution in [0.1, 0.15) is 5.56 Å². The molecule has 0 unspecified atom stereocenters. The lowest BCUT2D eigenvalue weighted by molar-refractivity contribution is -0.120. The van der Waals surface area contributed by atoms with Gasteiger partial charge in [-0.1, -0.05) is 6.07 Å². The maximum absolute atomic E-state index is 12.0. The maximum Gasteiger partial charge on any atom is 0.266 e. The second-order valence-electron chi connectivity index (χ2n) is 6.30. The predicted octanol–water partition coefficient (Wildman–Crippen LogP) is 2.83. The third-order valence-electron chi connectivity index (χ3n) is 4.05. The molecule has 0 fully saturated rings. The molecule has 11 heteroatoms. The van der Waals surface area contributed by atoms with E-state index in [4.69, 9.17) is 4.55 Å². The van der Waals surface area contributed by atoms with E-state index in [0.717, 1.165) is 36.0 Å². The maximum atomic E-state index is 12.0. The number of phenolic OH excluding ortho intramolecular Hbond substituents is 1. The minimum Gasteiger partial charge on any atom is -0.508 e. The Bertz CT molecular complexity index is 1330. The number of rotatable bonds is 6. The fourth-order valence-corrected chi connectivity index (χ4v) is 5.15. The van der Waals surface area contributed by atoms with E-state index in [1.165, 1.54) is 22.7 Å². The molecule has 3 N–H and O–H groups in total. The van der Waals surface area contributed by atoms with E-state index in [9.17, 15) is 18.3 Å². The smallest absolute Gasteiger partial charge is 0.266 e. The van der Waals surface area contributed by atoms with Crippen LogP contribution in [-0.4, -0.2) is 46.2 Å². The van der Waals surface area contributed by atoms with Gasteiger partial charge in [0.2, 0.25) is 5.91 Å². The standard InChI is InChI=1S/C18H15N3O5S3/c22-11-2-4-13-15(9-11)28-18(21-13)17-20-12-3-1-10(7-14(12)27-17)8-16(23)19-5-6-29(24,25)26/h1-4,7,9,22H,5-6,8H2,(H,19,23)(H,24,25,26). The van der Waals surface area contributed by atoms with Crippen molar-refractivity contribution in [3.8, 4) is 15.8 Å². The number of phenols is 1. The number of carbonyl (C=O) groups is 1. The molecule has 29 heavy (non-hydrogen) atoms. The van der Waals surface area contributed by atoms with E-state index in [-0.39, 0.29) is 24.6 Å². The summed E-state index contributed by atoms with van der Waals surface area (Å²) in [4.78, 5) is 21.1. The molecule has 0 aliphatic rings. The highest BCUT2D eigenvalue weighted by Gasteiger charge is 2.13. The van der Waals surface area contributed by atoms with Crippen LogP contribution in [0.25, 0.3) is 30.4 Å². The zero-order valence-electron chi connectivity index (χ0n) is 14.8. The number of amides is 1. The van der Waals surface area contributed by atoms with Crippen molar-refractivity contribution in [2.24, 2.45) is 0 Å². The second kappa shape index (κ2) is 7.67. The Hall–Kier alpha value is -2.60. The molecule has 150 valence electrons. The van der Waals surface area contributed by atoms with Crippen LogP contribution in [0.5, 0.6) is 5.75 Å². The highest BCUT2D eigenvalue weighted by Crippen LogP contribution is 2.36. The topological polar surface area (TPSA) is 129 Å². The van der Waals surface area contributed by atoms with Crippen LogP contribution in [-0.2, 0) is 21.3 Å². The van der Waals surface area contributed by atoms with Crippen molar-refractivity contribution in [2.75, 3.05) is 12.3 Å². The number of carbonyl (C=O) groups excluding carboxylic acids is 1. The number of benzene rings is 2. The van der Waals surface area contributed by atoms with E-state index in [1.54, 1.807) is 24.3 Å². The molecule has 0 spiro atoms. The molecule has 0 saturated carbocycles. The Morgan fingerprint density at radius 2 is 1.62 bits per heavy atom. The van der Waals surface area contributed by atoms with Gasteiger partial charge in [0, 0.05) is 6.54 Å². The highest BCUT2D eigenvalue weighted by molar-refractivity contribution is 7.85. The Morgan fingerprint density at radius 3 is 2.28 bits per heavy atom. The lowest BCUT2D eigenvalue weighted by Crippen LogP contribution is -2.30. The minimum absolute atomic E-state index is 0.0923. The summed E-state index contributed by atoms with van der Waals surface area (Å²) in [5, 5.41) is 13.6. The molecule has 0 bridgehead atoms. The summed E-state index contributed by atoms with van der Waals surface area (Å²) in [6.07, 6.45) is 0.0923. The Balaban J connectivity index is 1.52. The van der Waals surface area contributed by atoms with Crippen LogP contribution in [0, 0.1) is 0 Å². The van der Waals surface area contributed by atoms with E-state index in [2.05, 4.69) is 15.3 Å². The largest absolute Gasteiger partial charge is 0.508 e. The summed E-state index contributed by atoms with van der Waals surface area (Å²) < 4.78 is 31.9. The third kappa shape index (κ3) is 4.70. The quantitative estimate of drug-likeness (QED) is 0.386. The molecule has 4 rings (SSSR count). The summed E-state index contributed by atoms with van der Waals surface area (Å²) in [5.41, 5.74) is 2.36. The zero-order valence-corrected chi connectivity index (χ0v) is 17.3. The Morgan fingerprint density at radius 1 is 1.00 bits per heavy atom. The summed E-state index contributed by atoms with van der Waals surface area (Å²) in [6.45, 7) is -0.141. The lowest BCUT2D eigenvalue weighted by Gasteiger charge is -2.04. The van der Waals surface area contributed by atoms with Gasteiger partial charge >= 0.3 is 0 Å². The van der Waals surface area contributed by atoms with E-state index in [1.807, 2.05) is 12.1 Å². The summed E-state index contributed by atoms with van der Waals surface area (Å²) in [5.74, 6) is -0.657. The number of thiazole rings is 2. The molecular weight excluding hydrogens is 434 g/mol. The molecule has 8 nitrogen and oxygen atoms in total. The van der Waals surface area contributed by atoms with Crippen molar-refractivity contribution in [2.45, 2.75) is 6.42 Å². The summed E-state index contributed by atoms with van der Waals surface area (Å²) in [7, 11) is -4.10. The number of hydrogen-bond donors (Lipinski definition) is 3. The number of aromatic nitrogens is 2. The van der Waals surface area contributed by atoms with Crippen LogP contribution in [0.3, 0.4) is 0 Å². The first-order valence-electron chi connectivity index (χ1n) is 8.48.